The fraction of sp³-hybridized carbons (Fsp3) is 1.00. The van der Waals surface area contributed by atoms with Gasteiger partial charge in [0.05, 0.1) is 0 Å². The van der Waals surface area contributed by atoms with E-state index in [0.717, 1.165) is 36.0 Å². The van der Waals surface area contributed by atoms with E-state index in [4.69, 9.17) is 0 Å². The lowest BCUT2D eigenvalue weighted by molar-refractivity contribution is -0.107. The minimum absolute atomic E-state index is 0.738. The van der Waals surface area contributed by atoms with Crippen LogP contribution >= 0.6 is 0 Å². The molecule has 0 amide bonds. The molecule has 1 aliphatic carbocycles. The van der Waals surface area contributed by atoms with Crippen LogP contribution in [-0.4, -0.2) is 71.6 Å². The van der Waals surface area contributed by atoms with Crippen molar-refractivity contribution in [2.45, 2.75) is 83.5 Å². The molecule has 5 aliphatic rings. The Bertz CT molecular complexity index is 384. The maximum atomic E-state index is 2.89. The van der Waals surface area contributed by atoms with Crippen molar-refractivity contribution < 1.29 is 0 Å². The molecule has 2 atom stereocenters. The van der Waals surface area contributed by atoms with Crippen LogP contribution in [0.4, 0.5) is 0 Å². The molecule has 5 fully saturated rings. The Morgan fingerprint density at radius 1 is 0.870 bits per heavy atom. The van der Waals surface area contributed by atoms with Gasteiger partial charge in [0, 0.05) is 43.8 Å². The molecule has 0 N–H and O–H groups in total. The molecule has 2 unspecified atom stereocenters. The zero-order chi connectivity index (χ0) is 16.0. The molecule has 0 spiro atoms. The third-order valence-corrected chi connectivity index (χ3v) is 7.53. The summed E-state index contributed by atoms with van der Waals surface area (Å²) in [7, 11) is 0. The Hall–Kier alpha value is -0.120. The van der Waals surface area contributed by atoms with Crippen molar-refractivity contribution in [1.82, 2.24) is 14.7 Å². The van der Waals surface area contributed by atoms with Gasteiger partial charge in [-0.3, -0.25) is 9.80 Å². The Kier molecular flexibility index (Phi) is 4.73. The van der Waals surface area contributed by atoms with Crippen LogP contribution in [0.2, 0.25) is 0 Å². The third kappa shape index (κ3) is 3.21. The van der Waals surface area contributed by atoms with Crippen molar-refractivity contribution in [2.75, 3.05) is 32.7 Å². The molecule has 0 radical (unpaired) electrons. The maximum Gasteiger partial charge on any atom is 0.0242 e. The summed E-state index contributed by atoms with van der Waals surface area (Å²) < 4.78 is 0. The van der Waals surface area contributed by atoms with Gasteiger partial charge in [0.25, 0.3) is 0 Å². The fourth-order valence-corrected chi connectivity index (χ4v) is 5.60. The Morgan fingerprint density at radius 3 is 2.09 bits per heavy atom. The van der Waals surface area contributed by atoms with E-state index in [1.807, 2.05) is 0 Å². The summed E-state index contributed by atoms with van der Waals surface area (Å²) in [5.74, 6) is 2.01. The van der Waals surface area contributed by atoms with Gasteiger partial charge in [-0.05, 0) is 70.9 Å². The average Bonchev–Trinajstić information content (AvgIpc) is 2.52. The second-order valence-corrected chi connectivity index (χ2v) is 9.17. The van der Waals surface area contributed by atoms with Gasteiger partial charge in [-0.1, -0.05) is 13.3 Å². The molecule has 2 bridgehead atoms. The molecule has 1 saturated carbocycles. The lowest BCUT2D eigenvalue weighted by Gasteiger charge is -2.60. The first-order valence-corrected chi connectivity index (χ1v) is 10.4. The van der Waals surface area contributed by atoms with Crippen LogP contribution in [0.1, 0.15) is 59.3 Å². The molecule has 23 heavy (non-hydrogen) atoms. The van der Waals surface area contributed by atoms with Crippen LogP contribution in [0.5, 0.6) is 0 Å². The molecule has 4 saturated heterocycles. The predicted octanol–water partition coefficient (Wildman–Crippen LogP) is 3.05. The van der Waals surface area contributed by atoms with Crippen molar-refractivity contribution in [2.24, 2.45) is 11.8 Å². The van der Waals surface area contributed by atoms with Crippen molar-refractivity contribution >= 4 is 0 Å². The van der Waals surface area contributed by atoms with Crippen molar-refractivity contribution in [1.29, 1.82) is 0 Å². The smallest absolute Gasteiger partial charge is 0.0242 e. The number of piperidine rings is 2. The van der Waals surface area contributed by atoms with Crippen LogP contribution in [-0.2, 0) is 0 Å². The van der Waals surface area contributed by atoms with Crippen LogP contribution in [0.3, 0.4) is 0 Å². The summed E-state index contributed by atoms with van der Waals surface area (Å²) in [5.41, 5.74) is 0. The predicted molar refractivity (Wildman–Crippen MR) is 96.7 cm³/mol. The highest BCUT2D eigenvalue weighted by Gasteiger charge is 2.48. The number of fused-ring (bicyclic) bond motifs is 2. The number of nitrogens with zero attached hydrogens (tertiary/aromatic N) is 3. The van der Waals surface area contributed by atoms with Crippen LogP contribution in [0.15, 0.2) is 0 Å². The summed E-state index contributed by atoms with van der Waals surface area (Å²) in [6.45, 7) is 13.9. The van der Waals surface area contributed by atoms with Gasteiger partial charge in [0.2, 0.25) is 0 Å². The molecule has 3 heteroatoms. The SMILES string of the molecule is CCC1CC(N2CC3CC(C2)N3CC2CCN(C(C)C)CC2)C1. The number of piperazine rings is 1. The highest BCUT2D eigenvalue weighted by molar-refractivity contribution is 5.04. The zero-order valence-electron chi connectivity index (χ0n) is 15.6. The van der Waals surface area contributed by atoms with Crippen molar-refractivity contribution in [3.8, 4) is 0 Å². The lowest BCUT2D eigenvalue weighted by Crippen LogP contribution is -2.71. The maximum absolute atomic E-state index is 2.89. The molecule has 0 aromatic rings. The zero-order valence-corrected chi connectivity index (χ0v) is 15.6. The van der Waals surface area contributed by atoms with E-state index in [-0.39, 0.29) is 0 Å². The number of hydrogen-bond acceptors (Lipinski definition) is 3. The molecule has 5 rings (SSSR count). The molecule has 4 heterocycles. The van der Waals surface area contributed by atoms with E-state index in [1.165, 1.54) is 71.2 Å². The summed E-state index contributed by atoms with van der Waals surface area (Å²) in [5, 5.41) is 0. The first-order valence-electron chi connectivity index (χ1n) is 10.4. The van der Waals surface area contributed by atoms with Crippen LogP contribution in [0, 0.1) is 11.8 Å². The Balaban J connectivity index is 1.21. The first kappa shape index (κ1) is 16.4. The topological polar surface area (TPSA) is 9.72 Å². The second kappa shape index (κ2) is 6.65. The van der Waals surface area contributed by atoms with Gasteiger partial charge < -0.3 is 4.90 Å². The fourth-order valence-electron chi connectivity index (χ4n) is 5.60. The van der Waals surface area contributed by atoms with Gasteiger partial charge >= 0.3 is 0 Å². The van der Waals surface area contributed by atoms with E-state index in [9.17, 15) is 0 Å². The van der Waals surface area contributed by atoms with E-state index >= 15 is 0 Å². The van der Waals surface area contributed by atoms with E-state index in [0.29, 0.717) is 0 Å². The van der Waals surface area contributed by atoms with Gasteiger partial charge in [-0.15, -0.1) is 0 Å². The molecule has 3 nitrogen and oxygen atoms in total. The van der Waals surface area contributed by atoms with Gasteiger partial charge in [0.1, 0.15) is 0 Å². The molecule has 132 valence electrons. The minimum Gasteiger partial charge on any atom is -0.301 e. The molecule has 0 aromatic heterocycles. The average molecular weight is 320 g/mol. The Morgan fingerprint density at radius 2 is 1.52 bits per heavy atom. The van der Waals surface area contributed by atoms with Gasteiger partial charge in [0.15, 0.2) is 0 Å². The van der Waals surface area contributed by atoms with Gasteiger partial charge in [-0.25, -0.2) is 0 Å². The number of rotatable bonds is 5. The number of hydrogen-bond donors (Lipinski definition) is 0. The first-order chi connectivity index (χ1) is 11.1. The molecule has 4 aliphatic heterocycles. The monoisotopic (exact) mass is 319 g/mol. The summed E-state index contributed by atoms with van der Waals surface area (Å²) in [6.07, 6.45) is 8.73. The second-order valence-electron chi connectivity index (χ2n) is 9.17. The van der Waals surface area contributed by atoms with Crippen molar-refractivity contribution in [3.63, 3.8) is 0 Å². The minimum atomic E-state index is 0.738. The summed E-state index contributed by atoms with van der Waals surface area (Å²) >= 11 is 0. The van der Waals surface area contributed by atoms with E-state index in [1.54, 1.807) is 0 Å². The van der Waals surface area contributed by atoms with Crippen LogP contribution < -0.4 is 0 Å². The number of likely N-dealkylation sites (tertiary alicyclic amines) is 1. The highest BCUT2D eigenvalue weighted by Crippen LogP contribution is 2.40. The van der Waals surface area contributed by atoms with Crippen LogP contribution in [0.25, 0.3) is 0 Å². The molecular weight excluding hydrogens is 282 g/mol. The largest absolute Gasteiger partial charge is 0.301 e. The van der Waals surface area contributed by atoms with E-state index in [2.05, 4.69) is 35.5 Å². The molecule has 0 aromatic carbocycles. The van der Waals surface area contributed by atoms with Gasteiger partial charge in [-0.2, -0.15) is 0 Å². The normalized spacial score (nSPS) is 40.2. The quantitative estimate of drug-likeness (QED) is 0.771. The van der Waals surface area contributed by atoms with E-state index < -0.39 is 0 Å². The Labute approximate surface area is 143 Å². The van der Waals surface area contributed by atoms with Crippen molar-refractivity contribution in [3.05, 3.63) is 0 Å². The summed E-state index contributed by atoms with van der Waals surface area (Å²) in [6, 6.07) is 3.49. The summed E-state index contributed by atoms with van der Waals surface area (Å²) in [4.78, 5) is 8.40. The highest BCUT2D eigenvalue weighted by atomic mass is 15.4. The third-order valence-electron chi connectivity index (χ3n) is 7.53. The lowest BCUT2D eigenvalue weighted by atomic mass is 9.75. The molecular formula is C20H37N3. The standard InChI is InChI=1S/C20H37N3/c1-4-16-9-18(10-16)22-13-19-11-20(14-22)23(19)12-17-5-7-21(8-6-17)15(2)3/h15-20H,4-14H2,1-3H3.